The van der Waals surface area contributed by atoms with Crippen LogP contribution in [-0.4, -0.2) is 78.8 Å². The highest BCUT2D eigenvalue weighted by molar-refractivity contribution is 5.38. The molecule has 5 heteroatoms. The zero-order chi connectivity index (χ0) is 18.4. The van der Waals surface area contributed by atoms with Crippen LogP contribution in [0.15, 0.2) is 18.2 Å². The number of piperazine rings is 1. The standard InChI is InChI=1S/C21H35N3O2/c1-18(2)5-6-23-12-14-26-21-4-3-19(15-20(21)17-23)16-24-9-7-22(8-10-24)11-13-25/h3-4,15,18,25H,5-14,16-17H2,1-2H3. The molecule has 0 aliphatic carbocycles. The molecule has 26 heavy (non-hydrogen) atoms. The van der Waals surface area contributed by atoms with Gasteiger partial charge in [0, 0.05) is 57.9 Å². The highest BCUT2D eigenvalue weighted by atomic mass is 16.5. The molecule has 0 bridgehead atoms. The molecule has 0 unspecified atom stereocenters. The molecule has 1 N–H and O–H groups in total. The van der Waals surface area contributed by atoms with Gasteiger partial charge in [-0.3, -0.25) is 14.7 Å². The van der Waals surface area contributed by atoms with Crippen LogP contribution in [0.25, 0.3) is 0 Å². The summed E-state index contributed by atoms with van der Waals surface area (Å²) in [6.07, 6.45) is 1.24. The fourth-order valence-corrected chi connectivity index (χ4v) is 3.80. The summed E-state index contributed by atoms with van der Waals surface area (Å²) in [5, 5.41) is 9.07. The van der Waals surface area contributed by atoms with Crippen LogP contribution in [0.1, 0.15) is 31.4 Å². The summed E-state index contributed by atoms with van der Waals surface area (Å²) < 4.78 is 5.99. The van der Waals surface area contributed by atoms with Crippen molar-refractivity contribution in [2.24, 2.45) is 5.92 Å². The number of fused-ring (bicyclic) bond motifs is 1. The van der Waals surface area contributed by atoms with Crippen molar-refractivity contribution in [1.29, 1.82) is 0 Å². The lowest BCUT2D eigenvalue weighted by Gasteiger charge is -2.34. The number of aliphatic hydroxyl groups excluding tert-OH is 1. The summed E-state index contributed by atoms with van der Waals surface area (Å²) in [6.45, 7) is 14.9. The van der Waals surface area contributed by atoms with Crippen LogP contribution in [0.3, 0.4) is 0 Å². The van der Waals surface area contributed by atoms with Crippen LogP contribution >= 0.6 is 0 Å². The molecule has 1 aromatic rings. The monoisotopic (exact) mass is 361 g/mol. The van der Waals surface area contributed by atoms with E-state index in [9.17, 15) is 0 Å². The SMILES string of the molecule is CC(C)CCN1CCOc2ccc(CN3CCN(CCO)CC3)cc2C1. The number of aliphatic hydroxyl groups is 1. The minimum absolute atomic E-state index is 0.262. The van der Waals surface area contributed by atoms with Crippen LogP contribution < -0.4 is 4.74 Å². The predicted molar refractivity (Wildman–Crippen MR) is 105 cm³/mol. The van der Waals surface area contributed by atoms with E-state index in [1.54, 1.807) is 0 Å². The maximum atomic E-state index is 9.07. The Hall–Kier alpha value is -1.14. The number of hydrogen-bond acceptors (Lipinski definition) is 5. The van der Waals surface area contributed by atoms with Crippen LogP contribution in [-0.2, 0) is 13.1 Å². The second kappa shape index (κ2) is 9.70. The molecule has 0 amide bonds. The van der Waals surface area contributed by atoms with Gasteiger partial charge in [-0.1, -0.05) is 19.9 Å². The van der Waals surface area contributed by atoms with Gasteiger partial charge >= 0.3 is 0 Å². The summed E-state index contributed by atoms with van der Waals surface area (Å²) in [5.41, 5.74) is 2.72. The fraction of sp³-hybridized carbons (Fsp3) is 0.714. The third-order valence-corrected chi connectivity index (χ3v) is 5.49. The van der Waals surface area contributed by atoms with E-state index in [2.05, 4.69) is 46.7 Å². The van der Waals surface area contributed by atoms with Crippen LogP contribution in [0.5, 0.6) is 5.75 Å². The topological polar surface area (TPSA) is 39.2 Å². The van der Waals surface area contributed by atoms with Gasteiger partial charge in [-0.25, -0.2) is 0 Å². The summed E-state index contributed by atoms with van der Waals surface area (Å²) in [7, 11) is 0. The predicted octanol–water partition coefficient (Wildman–Crippen LogP) is 2.04. The van der Waals surface area contributed by atoms with Gasteiger partial charge in [-0.15, -0.1) is 0 Å². The van der Waals surface area contributed by atoms with Gasteiger partial charge in [0.15, 0.2) is 0 Å². The van der Waals surface area contributed by atoms with Gasteiger partial charge in [0.1, 0.15) is 12.4 Å². The molecular weight excluding hydrogens is 326 g/mol. The maximum absolute atomic E-state index is 9.07. The van der Waals surface area contributed by atoms with Gasteiger partial charge in [0.05, 0.1) is 6.61 Å². The average Bonchev–Trinajstić information content (AvgIpc) is 2.83. The molecule has 1 fully saturated rings. The Bertz CT molecular complexity index is 556. The molecule has 2 aliphatic rings. The third-order valence-electron chi connectivity index (χ3n) is 5.49. The second-order valence-electron chi connectivity index (χ2n) is 8.09. The quantitative estimate of drug-likeness (QED) is 0.805. The summed E-state index contributed by atoms with van der Waals surface area (Å²) in [5.74, 6) is 1.81. The molecule has 0 saturated carbocycles. The van der Waals surface area contributed by atoms with Crippen molar-refractivity contribution in [2.45, 2.75) is 33.4 Å². The molecule has 0 radical (unpaired) electrons. The van der Waals surface area contributed by atoms with Crippen molar-refractivity contribution in [2.75, 3.05) is 59.0 Å². The first-order chi connectivity index (χ1) is 12.6. The van der Waals surface area contributed by atoms with Gasteiger partial charge in [0.25, 0.3) is 0 Å². The van der Waals surface area contributed by atoms with Crippen LogP contribution in [0.2, 0.25) is 0 Å². The first kappa shape index (κ1) is 19.6. The number of nitrogens with zero attached hydrogens (tertiary/aromatic N) is 3. The Balaban J connectivity index is 1.57. The van der Waals surface area contributed by atoms with Gasteiger partial charge in [0.2, 0.25) is 0 Å². The molecule has 146 valence electrons. The van der Waals surface area contributed by atoms with Crippen molar-refractivity contribution >= 4 is 0 Å². The van der Waals surface area contributed by atoms with Gasteiger partial charge in [-0.2, -0.15) is 0 Å². The first-order valence-corrected chi connectivity index (χ1v) is 10.2. The lowest BCUT2D eigenvalue weighted by atomic mass is 10.1. The maximum Gasteiger partial charge on any atom is 0.123 e. The second-order valence-corrected chi connectivity index (χ2v) is 8.09. The Morgan fingerprint density at radius 3 is 2.50 bits per heavy atom. The van der Waals surface area contributed by atoms with Crippen molar-refractivity contribution in [3.8, 4) is 5.75 Å². The lowest BCUT2D eigenvalue weighted by molar-refractivity contribution is 0.108. The van der Waals surface area contributed by atoms with E-state index >= 15 is 0 Å². The number of rotatable bonds is 7. The van der Waals surface area contributed by atoms with Crippen LogP contribution in [0, 0.1) is 5.92 Å². The number of β-amino-alcohol motifs (C(OH)–C–C–N with tert-alkyl or cyclic N) is 1. The van der Waals surface area contributed by atoms with Gasteiger partial charge in [-0.05, 0) is 36.6 Å². The zero-order valence-corrected chi connectivity index (χ0v) is 16.5. The van der Waals surface area contributed by atoms with Crippen molar-refractivity contribution < 1.29 is 9.84 Å². The van der Waals surface area contributed by atoms with E-state index in [0.717, 1.165) is 77.2 Å². The van der Waals surface area contributed by atoms with E-state index in [0.29, 0.717) is 0 Å². The number of hydrogen-bond donors (Lipinski definition) is 1. The Labute approximate surface area is 158 Å². The smallest absolute Gasteiger partial charge is 0.123 e. The summed E-state index contributed by atoms with van der Waals surface area (Å²) >= 11 is 0. The van der Waals surface area contributed by atoms with Crippen LogP contribution in [0.4, 0.5) is 0 Å². The molecule has 2 heterocycles. The molecule has 1 aromatic carbocycles. The van der Waals surface area contributed by atoms with Crippen molar-refractivity contribution in [3.63, 3.8) is 0 Å². The average molecular weight is 362 g/mol. The summed E-state index contributed by atoms with van der Waals surface area (Å²) in [6, 6.07) is 6.74. The largest absolute Gasteiger partial charge is 0.492 e. The lowest BCUT2D eigenvalue weighted by Crippen LogP contribution is -2.46. The summed E-state index contributed by atoms with van der Waals surface area (Å²) in [4.78, 5) is 7.39. The van der Waals surface area contributed by atoms with E-state index in [-0.39, 0.29) is 6.61 Å². The normalized spacial score (nSPS) is 20.0. The molecule has 5 nitrogen and oxygen atoms in total. The minimum Gasteiger partial charge on any atom is -0.492 e. The molecule has 0 spiro atoms. The number of ether oxygens (including phenoxy) is 1. The third kappa shape index (κ3) is 5.68. The molecule has 2 aliphatic heterocycles. The first-order valence-electron chi connectivity index (χ1n) is 10.2. The zero-order valence-electron chi connectivity index (χ0n) is 16.5. The highest BCUT2D eigenvalue weighted by Crippen LogP contribution is 2.25. The molecule has 1 saturated heterocycles. The molecule has 0 aromatic heterocycles. The highest BCUT2D eigenvalue weighted by Gasteiger charge is 2.19. The Morgan fingerprint density at radius 1 is 1.00 bits per heavy atom. The minimum atomic E-state index is 0.262. The van der Waals surface area contributed by atoms with Gasteiger partial charge < -0.3 is 9.84 Å². The Morgan fingerprint density at radius 2 is 1.77 bits per heavy atom. The van der Waals surface area contributed by atoms with Crippen molar-refractivity contribution in [3.05, 3.63) is 29.3 Å². The van der Waals surface area contributed by atoms with E-state index in [4.69, 9.17) is 9.84 Å². The molecule has 3 rings (SSSR count). The van der Waals surface area contributed by atoms with E-state index in [1.165, 1.54) is 17.5 Å². The number of benzene rings is 1. The molecular formula is C21H35N3O2. The fourth-order valence-electron chi connectivity index (χ4n) is 3.80. The van der Waals surface area contributed by atoms with E-state index < -0.39 is 0 Å². The van der Waals surface area contributed by atoms with Crippen molar-refractivity contribution in [1.82, 2.24) is 14.7 Å². The molecule has 0 atom stereocenters. The Kier molecular flexibility index (Phi) is 7.32. The van der Waals surface area contributed by atoms with E-state index in [1.807, 2.05) is 0 Å².